The van der Waals surface area contributed by atoms with Crippen LogP contribution < -0.4 is 10.6 Å². The van der Waals surface area contributed by atoms with Crippen LogP contribution in [0.25, 0.3) is 0 Å². The molecule has 2 rings (SSSR count). The summed E-state index contributed by atoms with van der Waals surface area (Å²) in [7, 11) is 1.46. The van der Waals surface area contributed by atoms with E-state index in [2.05, 4.69) is 22.5 Å². The summed E-state index contributed by atoms with van der Waals surface area (Å²) in [5.74, 6) is 1.62. The van der Waals surface area contributed by atoms with Crippen molar-refractivity contribution in [2.24, 2.45) is 10.9 Å². The fraction of sp³-hybridized carbons (Fsp3) is 0.611. The third kappa shape index (κ3) is 6.38. The normalized spacial score (nSPS) is 21.2. The second-order valence-corrected chi connectivity index (χ2v) is 9.11. The molecule has 1 fully saturated rings. The third-order valence-electron chi connectivity index (χ3n) is 4.74. The van der Waals surface area contributed by atoms with E-state index in [0.717, 1.165) is 17.4 Å². The van der Waals surface area contributed by atoms with Crippen LogP contribution in [0.3, 0.4) is 0 Å². The number of rotatable bonds is 5. The Kier molecular flexibility index (Phi) is 9.32. The summed E-state index contributed by atoms with van der Waals surface area (Å²) in [6.45, 7) is 2.91. The van der Waals surface area contributed by atoms with Crippen molar-refractivity contribution in [1.29, 1.82) is 0 Å². The quantitative estimate of drug-likeness (QED) is 0.375. The van der Waals surface area contributed by atoms with Gasteiger partial charge in [0.05, 0.1) is 4.90 Å². The second-order valence-electron chi connectivity index (χ2n) is 6.96. The summed E-state index contributed by atoms with van der Waals surface area (Å²) in [5, 5.41) is 6.79. The average molecular weight is 494 g/mol. The molecule has 1 aromatic rings. The second kappa shape index (κ2) is 10.5. The van der Waals surface area contributed by atoms with Crippen LogP contribution in [0.4, 0.5) is 0 Å². The minimum atomic E-state index is -3.38. The van der Waals surface area contributed by atoms with Crippen molar-refractivity contribution in [3.05, 3.63) is 29.8 Å². The highest BCUT2D eigenvalue weighted by atomic mass is 127. The largest absolute Gasteiger partial charge is 0.354 e. The molecule has 0 radical (unpaired) electrons. The van der Waals surface area contributed by atoms with Crippen molar-refractivity contribution in [3.8, 4) is 0 Å². The summed E-state index contributed by atoms with van der Waals surface area (Å²) in [6.07, 6.45) is 4.88. The topological polar surface area (TPSA) is 73.8 Å². The highest BCUT2D eigenvalue weighted by Gasteiger charge is 2.19. The van der Waals surface area contributed by atoms with Crippen LogP contribution in [0, 0.1) is 5.92 Å². The van der Waals surface area contributed by atoms with Crippen LogP contribution in [0.2, 0.25) is 0 Å². The highest BCUT2D eigenvalue weighted by molar-refractivity contribution is 14.0. The minimum Gasteiger partial charge on any atom is -0.354 e. The highest BCUT2D eigenvalue weighted by Crippen LogP contribution is 2.23. The number of guanidine groups is 1. The van der Waals surface area contributed by atoms with Crippen molar-refractivity contribution in [2.45, 2.75) is 50.1 Å². The summed E-state index contributed by atoms with van der Waals surface area (Å²) < 4.78 is 25.4. The number of aliphatic imine (C=N–C) groups is 1. The number of halogens is 1. The molecule has 148 valence electrons. The molecule has 0 atom stereocenters. The standard InChI is InChI=1S/C18H30N4O2S.HI/c1-14-5-9-16(10-6-14)21-18(19-2)20-13-15-7-11-17(12-8-15)25(23,24)22(3)4;/h7-8,11-12,14,16H,5-6,9-10,13H2,1-4H3,(H2,19,20,21);1H. The Bertz CT molecular complexity index is 682. The molecule has 0 spiro atoms. The molecule has 0 amide bonds. The molecule has 0 aliphatic heterocycles. The average Bonchev–Trinajstić information content (AvgIpc) is 2.60. The van der Waals surface area contributed by atoms with Crippen LogP contribution in [0.15, 0.2) is 34.2 Å². The lowest BCUT2D eigenvalue weighted by Gasteiger charge is -2.28. The SMILES string of the molecule is CN=C(NCc1ccc(S(=O)(=O)N(C)C)cc1)NC1CCC(C)CC1.I. The van der Waals surface area contributed by atoms with E-state index in [1.807, 2.05) is 12.1 Å². The van der Waals surface area contributed by atoms with E-state index in [1.165, 1.54) is 44.1 Å². The third-order valence-corrected chi connectivity index (χ3v) is 6.57. The fourth-order valence-electron chi connectivity index (χ4n) is 2.97. The number of benzene rings is 1. The molecule has 0 aromatic heterocycles. The first kappa shape index (κ1) is 23.2. The summed E-state index contributed by atoms with van der Waals surface area (Å²) in [6, 6.07) is 7.43. The van der Waals surface area contributed by atoms with Gasteiger partial charge in [0.2, 0.25) is 10.0 Å². The number of nitrogens with one attached hydrogen (secondary N) is 2. The van der Waals surface area contributed by atoms with Crippen LogP contribution in [0.1, 0.15) is 38.2 Å². The molecule has 0 saturated heterocycles. The maximum Gasteiger partial charge on any atom is 0.242 e. The van der Waals surface area contributed by atoms with Gasteiger partial charge in [-0.1, -0.05) is 19.1 Å². The van der Waals surface area contributed by atoms with Crippen LogP contribution >= 0.6 is 24.0 Å². The Hall–Kier alpha value is -0.870. The Balaban J connectivity index is 0.00000338. The zero-order valence-electron chi connectivity index (χ0n) is 16.0. The van der Waals surface area contributed by atoms with Gasteiger partial charge >= 0.3 is 0 Å². The summed E-state index contributed by atoms with van der Waals surface area (Å²) >= 11 is 0. The molecule has 0 heterocycles. The lowest BCUT2D eigenvalue weighted by molar-refractivity contribution is 0.329. The first-order valence-electron chi connectivity index (χ1n) is 8.81. The summed E-state index contributed by atoms with van der Waals surface area (Å²) in [4.78, 5) is 4.59. The van der Waals surface area contributed by atoms with E-state index in [1.54, 1.807) is 19.2 Å². The van der Waals surface area contributed by atoms with Gasteiger partial charge in [0.15, 0.2) is 5.96 Å². The van der Waals surface area contributed by atoms with Crippen LogP contribution in [0.5, 0.6) is 0 Å². The number of hydrogen-bond acceptors (Lipinski definition) is 3. The van der Waals surface area contributed by atoms with Crippen molar-refractivity contribution >= 4 is 40.0 Å². The van der Waals surface area contributed by atoms with Crippen molar-refractivity contribution in [3.63, 3.8) is 0 Å². The molecule has 1 saturated carbocycles. The number of hydrogen-bond donors (Lipinski definition) is 2. The molecule has 6 nitrogen and oxygen atoms in total. The minimum absolute atomic E-state index is 0. The van der Waals surface area contributed by atoms with Crippen molar-refractivity contribution < 1.29 is 8.42 Å². The molecular formula is C18H31IN4O2S. The Morgan fingerprint density at radius 1 is 1.15 bits per heavy atom. The first-order chi connectivity index (χ1) is 11.8. The zero-order chi connectivity index (χ0) is 18.4. The molecule has 1 aromatic carbocycles. The summed E-state index contributed by atoms with van der Waals surface area (Å²) in [5.41, 5.74) is 1.01. The van der Waals surface area contributed by atoms with Crippen molar-refractivity contribution in [1.82, 2.24) is 14.9 Å². The molecule has 1 aliphatic rings. The van der Waals surface area contributed by atoms with Gasteiger partial charge in [0.25, 0.3) is 0 Å². The lowest BCUT2D eigenvalue weighted by Crippen LogP contribution is -2.44. The number of sulfonamides is 1. The predicted molar refractivity (Wildman–Crippen MR) is 117 cm³/mol. The Labute approximate surface area is 174 Å². The van der Waals surface area contributed by atoms with Crippen molar-refractivity contribution in [2.75, 3.05) is 21.1 Å². The molecular weight excluding hydrogens is 463 g/mol. The van der Waals surface area contributed by atoms with E-state index in [-0.39, 0.29) is 24.0 Å². The van der Waals surface area contributed by atoms with E-state index in [4.69, 9.17) is 0 Å². The van der Waals surface area contributed by atoms with Gasteiger partial charge in [-0.3, -0.25) is 4.99 Å². The van der Waals surface area contributed by atoms with Crippen LogP contribution in [-0.2, 0) is 16.6 Å². The van der Waals surface area contributed by atoms with Gasteiger partial charge in [-0.05, 0) is 49.3 Å². The predicted octanol–water partition coefficient (Wildman–Crippen LogP) is 2.80. The van der Waals surface area contributed by atoms with E-state index < -0.39 is 10.0 Å². The van der Waals surface area contributed by atoms with Gasteiger partial charge in [0.1, 0.15) is 0 Å². The van der Waals surface area contributed by atoms with E-state index in [0.29, 0.717) is 17.5 Å². The molecule has 0 unspecified atom stereocenters. The molecule has 2 N–H and O–H groups in total. The lowest BCUT2D eigenvalue weighted by atomic mass is 9.87. The van der Waals surface area contributed by atoms with E-state index in [9.17, 15) is 8.42 Å². The Morgan fingerprint density at radius 3 is 2.23 bits per heavy atom. The smallest absolute Gasteiger partial charge is 0.242 e. The van der Waals surface area contributed by atoms with Gasteiger partial charge in [-0.2, -0.15) is 0 Å². The molecule has 26 heavy (non-hydrogen) atoms. The number of nitrogens with zero attached hydrogens (tertiary/aromatic N) is 2. The van der Waals surface area contributed by atoms with Gasteiger partial charge < -0.3 is 10.6 Å². The van der Waals surface area contributed by atoms with Gasteiger partial charge in [0, 0.05) is 33.7 Å². The van der Waals surface area contributed by atoms with Gasteiger partial charge in [-0.15, -0.1) is 24.0 Å². The monoisotopic (exact) mass is 494 g/mol. The van der Waals surface area contributed by atoms with Gasteiger partial charge in [-0.25, -0.2) is 12.7 Å². The molecule has 1 aliphatic carbocycles. The molecule has 0 bridgehead atoms. The van der Waals surface area contributed by atoms with Crippen LogP contribution in [-0.4, -0.2) is 45.9 Å². The maximum absolute atomic E-state index is 12.1. The molecule has 8 heteroatoms. The fourth-order valence-corrected chi connectivity index (χ4v) is 3.87. The Morgan fingerprint density at radius 2 is 1.73 bits per heavy atom. The maximum atomic E-state index is 12.1. The van der Waals surface area contributed by atoms with E-state index >= 15 is 0 Å². The first-order valence-corrected chi connectivity index (χ1v) is 10.3. The zero-order valence-corrected chi connectivity index (χ0v) is 19.2.